The van der Waals surface area contributed by atoms with Crippen molar-refractivity contribution < 1.29 is 39.9 Å². The highest BCUT2D eigenvalue weighted by molar-refractivity contribution is 7.89. The average molecular weight is 452 g/mol. The normalized spacial score (nSPS) is 13.2. The van der Waals surface area contributed by atoms with Gasteiger partial charge < -0.3 is 10.1 Å². The Morgan fingerprint density at radius 3 is 2.33 bits per heavy atom. The highest BCUT2D eigenvalue weighted by atomic mass is 32.2. The topological polar surface area (TPSA) is 84.5 Å². The smallest absolute Gasteiger partial charge is 0.383 e. The van der Waals surface area contributed by atoms with Crippen LogP contribution in [-0.2, 0) is 20.9 Å². The van der Waals surface area contributed by atoms with Gasteiger partial charge in [0.1, 0.15) is 11.6 Å². The Labute approximate surface area is 169 Å². The van der Waals surface area contributed by atoms with E-state index < -0.39 is 55.8 Å². The second-order valence-corrected chi connectivity index (χ2v) is 7.98. The molecular formula is C18H17F5N2O4S. The fourth-order valence-corrected chi connectivity index (χ4v) is 3.74. The Kier molecular flexibility index (Phi) is 7.16. The first-order valence-electron chi connectivity index (χ1n) is 8.34. The Hall–Kier alpha value is -2.57. The van der Waals surface area contributed by atoms with E-state index in [1.54, 1.807) is 0 Å². The molecule has 2 aromatic carbocycles. The van der Waals surface area contributed by atoms with E-state index in [9.17, 15) is 35.2 Å². The van der Waals surface area contributed by atoms with Crippen LogP contribution in [0.4, 0.5) is 27.6 Å². The number of carbonyl (C=O) groups excluding carboxylic acids is 1. The fraction of sp³-hybridized carbons (Fsp3) is 0.278. The van der Waals surface area contributed by atoms with Gasteiger partial charge in [-0.3, -0.25) is 4.79 Å². The van der Waals surface area contributed by atoms with Crippen LogP contribution in [0.25, 0.3) is 0 Å². The largest absolute Gasteiger partial charge is 0.419 e. The zero-order valence-electron chi connectivity index (χ0n) is 15.7. The molecule has 0 radical (unpaired) electrons. The van der Waals surface area contributed by atoms with Gasteiger partial charge in [-0.15, -0.1) is 0 Å². The number of halogens is 5. The van der Waals surface area contributed by atoms with Crippen LogP contribution in [0.5, 0.6) is 0 Å². The maximum atomic E-state index is 14.1. The second-order valence-electron chi connectivity index (χ2n) is 6.27. The average Bonchev–Trinajstić information content (AvgIpc) is 2.60. The van der Waals surface area contributed by atoms with E-state index in [2.05, 4.69) is 4.72 Å². The van der Waals surface area contributed by atoms with Crippen LogP contribution >= 0.6 is 0 Å². The Balaban J connectivity index is 2.28. The monoisotopic (exact) mass is 452 g/mol. The molecule has 0 aliphatic carbocycles. The van der Waals surface area contributed by atoms with Gasteiger partial charge in [0.25, 0.3) is 5.91 Å². The molecule has 30 heavy (non-hydrogen) atoms. The van der Waals surface area contributed by atoms with Crippen molar-refractivity contribution in [2.75, 3.05) is 19.0 Å². The number of hydrogen-bond acceptors (Lipinski definition) is 4. The van der Waals surface area contributed by atoms with Gasteiger partial charge >= 0.3 is 6.18 Å². The van der Waals surface area contributed by atoms with Crippen molar-refractivity contribution in [3.05, 3.63) is 59.2 Å². The lowest BCUT2D eigenvalue weighted by Gasteiger charge is -2.14. The molecule has 6 nitrogen and oxygen atoms in total. The van der Waals surface area contributed by atoms with Crippen molar-refractivity contribution in [2.24, 2.45) is 0 Å². The van der Waals surface area contributed by atoms with Gasteiger partial charge in [-0.05, 0) is 43.3 Å². The van der Waals surface area contributed by atoms with E-state index in [4.69, 9.17) is 4.74 Å². The number of rotatable bonds is 7. The summed E-state index contributed by atoms with van der Waals surface area (Å²) < 4.78 is 97.4. The third-order valence-corrected chi connectivity index (χ3v) is 5.39. The van der Waals surface area contributed by atoms with Gasteiger partial charge in [-0.1, -0.05) is 0 Å². The van der Waals surface area contributed by atoms with Crippen molar-refractivity contribution in [1.82, 2.24) is 4.72 Å². The lowest BCUT2D eigenvalue weighted by molar-refractivity contribution is -0.139. The molecule has 0 fully saturated rings. The van der Waals surface area contributed by atoms with E-state index in [1.165, 1.54) is 14.0 Å². The van der Waals surface area contributed by atoms with Crippen LogP contribution in [0.1, 0.15) is 22.8 Å². The molecule has 0 aliphatic rings. The maximum Gasteiger partial charge on any atom is 0.419 e. The number of amides is 1. The van der Waals surface area contributed by atoms with Crippen LogP contribution in [-0.4, -0.2) is 34.1 Å². The number of carbonyl (C=O) groups is 1. The molecule has 0 spiro atoms. The second kappa shape index (κ2) is 9.06. The number of hydrogen-bond donors (Lipinski definition) is 2. The summed E-state index contributed by atoms with van der Waals surface area (Å²) in [7, 11) is -2.75. The summed E-state index contributed by atoms with van der Waals surface area (Å²) in [4.78, 5) is 11.9. The molecule has 0 saturated carbocycles. The maximum absolute atomic E-state index is 14.1. The van der Waals surface area contributed by atoms with Gasteiger partial charge in [0, 0.05) is 18.8 Å². The van der Waals surface area contributed by atoms with Crippen molar-refractivity contribution in [1.29, 1.82) is 0 Å². The first-order chi connectivity index (χ1) is 13.8. The van der Waals surface area contributed by atoms with Gasteiger partial charge in [0.15, 0.2) is 0 Å². The summed E-state index contributed by atoms with van der Waals surface area (Å²) in [5, 5.41) is 2.04. The third kappa shape index (κ3) is 5.74. The van der Waals surface area contributed by atoms with Crippen LogP contribution in [0, 0.1) is 11.6 Å². The summed E-state index contributed by atoms with van der Waals surface area (Å²) in [6, 6.07) is 3.46. The summed E-state index contributed by atoms with van der Waals surface area (Å²) in [6.07, 6.45) is -4.92. The number of anilines is 1. The van der Waals surface area contributed by atoms with Crippen molar-refractivity contribution in [3.63, 3.8) is 0 Å². The molecule has 2 aromatic rings. The van der Waals surface area contributed by atoms with Crippen molar-refractivity contribution >= 4 is 21.6 Å². The molecule has 0 heterocycles. The highest BCUT2D eigenvalue weighted by Gasteiger charge is 2.34. The molecule has 1 amide bonds. The number of methoxy groups -OCH3 is 1. The summed E-state index contributed by atoms with van der Waals surface area (Å²) >= 11 is 0. The zero-order valence-corrected chi connectivity index (χ0v) is 16.5. The molecular weight excluding hydrogens is 435 g/mol. The fourth-order valence-electron chi connectivity index (χ4n) is 2.48. The highest BCUT2D eigenvalue weighted by Crippen LogP contribution is 2.32. The zero-order chi connectivity index (χ0) is 22.7. The number of sulfonamides is 1. The standard InChI is InChI=1S/C18H17F5N2O4S/c1-10(9-29-2)25-30(27,28)12-4-6-15(19)13(8-12)17(26)24-11-3-5-14(16(20)7-11)18(21,22)23/h3-8,10,25H,9H2,1-2H3,(H,24,26)/t10-/m1/s1. The van der Waals surface area contributed by atoms with Gasteiger partial charge in [-0.2, -0.15) is 13.2 Å². The van der Waals surface area contributed by atoms with Crippen LogP contribution in [0.2, 0.25) is 0 Å². The van der Waals surface area contributed by atoms with E-state index in [-0.39, 0.29) is 12.3 Å². The molecule has 0 aliphatic heterocycles. The summed E-state index contributed by atoms with van der Waals surface area (Å²) in [5.74, 6) is -3.88. The molecule has 2 rings (SSSR count). The van der Waals surface area contributed by atoms with Crippen LogP contribution in [0.15, 0.2) is 41.3 Å². The van der Waals surface area contributed by atoms with Gasteiger partial charge in [0.2, 0.25) is 10.0 Å². The molecule has 164 valence electrons. The predicted molar refractivity (Wildman–Crippen MR) is 97.4 cm³/mol. The van der Waals surface area contributed by atoms with Gasteiger partial charge in [-0.25, -0.2) is 21.9 Å². The SMILES string of the molecule is COC[C@@H](C)NS(=O)(=O)c1ccc(F)c(C(=O)Nc2ccc(C(F)(F)F)c(F)c2)c1. The van der Waals surface area contributed by atoms with E-state index in [0.29, 0.717) is 12.1 Å². The minimum atomic E-state index is -4.92. The molecule has 2 N–H and O–H groups in total. The first kappa shape index (κ1) is 23.7. The van der Waals surface area contributed by atoms with Crippen molar-refractivity contribution in [2.45, 2.75) is 24.0 Å². The number of benzene rings is 2. The first-order valence-corrected chi connectivity index (χ1v) is 9.82. The minimum Gasteiger partial charge on any atom is -0.383 e. The Morgan fingerprint density at radius 1 is 1.10 bits per heavy atom. The predicted octanol–water partition coefficient (Wildman–Crippen LogP) is 3.55. The summed E-state index contributed by atoms with van der Waals surface area (Å²) in [6.45, 7) is 1.59. The number of ether oxygens (including phenoxy) is 1. The molecule has 0 bridgehead atoms. The lowest BCUT2D eigenvalue weighted by Crippen LogP contribution is -2.35. The summed E-state index contributed by atoms with van der Waals surface area (Å²) in [5.41, 5.74) is -2.60. The molecule has 0 saturated heterocycles. The number of nitrogens with one attached hydrogen (secondary N) is 2. The number of alkyl halides is 3. The molecule has 1 atom stereocenters. The lowest BCUT2D eigenvalue weighted by atomic mass is 10.1. The van der Waals surface area contributed by atoms with E-state index in [0.717, 1.165) is 24.3 Å². The van der Waals surface area contributed by atoms with Crippen molar-refractivity contribution in [3.8, 4) is 0 Å². The molecule has 0 unspecified atom stereocenters. The van der Waals surface area contributed by atoms with Crippen LogP contribution in [0.3, 0.4) is 0 Å². The Bertz CT molecular complexity index is 1040. The third-order valence-electron chi connectivity index (χ3n) is 3.80. The molecule has 0 aromatic heterocycles. The van der Waals surface area contributed by atoms with Gasteiger partial charge in [0.05, 0.1) is 22.6 Å². The van der Waals surface area contributed by atoms with E-state index in [1.807, 2.05) is 5.32 Å². The van der Waals surface area contributed by atoms with E-state index >= 15 is 0 Å². The Morgan fingerprint density at radius 2 is 1.77 bits per heavy atom. The minimum absolute atomic E-state index is 0.0628. The quantitative estimate of drug-likeness (QED) is 0.630. The molecule has 12 heteroatoms. The van der Waals surface area contributed by atoms with Crippen LogP contribution < -0.4 is 10.0 Å².